The van der Waals surface area contributed by atoms with Crippen LogP contribution in [-0.2, 0) is 0 Å². The minimum atomic E-state index is 1.06. The SMILES string of the molecule is CCSc1oc(C)c(C)c1SCC. The molecule has 0 amide bonds. The molecule has 0 fully saturated rings. The molecule has 0 aliphatic rings. The van der Waals surface area contributed by atoms with Gasteiger partial charge in [-0.2, -0.15) is 0 Å². The molecule has 0 saturated heterocycles. The predicted molar refractivity (Wildman–Crippen MR) is 61.0 cm³/mol. The van der Waals surface area contributed by atoms with Gasteiger partial charge in [-0.3, -0.25) is 0 Å². The van der Waals surface area contributed by atoms with Gasteiger partial charge < -0.3 is 4.42 Å². The van der Waals surface area contributed by atoms with Gasteiger partial charge in [0.15, 0.2) is 5.09 Å². The molecule has 0 atom stereocenters. The molecule has 0 N–H and O–H groups in total. The van der Waals surface area contributed by atoms with Gasteiger partial charge in [0.1, 0.15) is 5.76 Å². The standard InChI is InChI=1S/C10H16OS2/c1-5-12-9-7(3)8(4)11-10(9)13-6-2/h5-6H2,1-4H3. The highest BCUT2D eigenvalue weighted by Crippen LogP contribution is 2.37. The third-order valence-corrected chi connectivity index (χ3v) is 3.90. The van der Waals surface area contributed by atoms with E-state index in [1.54, 1.807) is 11.8 Å². The van der Waals surface area contributed by atoms with Crippen LogP contribution in [-0.4, -0.2) is 11.5 Å². The zero-order valence-electron chi connectivity index (χ0n) is 8.64. The highest BCUT2D eigenvalue weighted by molar-refractivity contribution is 8.02. The first-order valence-electron chi connectivity index (χ1n) is 4.56. The van der Waals surface area contributed by atoms with Crippen LogP contribution in [0, 0.1) is 13.8 Å². The maximum absolute atomic E-state index is 5.68. The van der Waals surface area contributed by atoms with Crippen molar-refractivity contribution in [2.75, 3.05) is 11.5 Å². The third-order valence-electron chi connectivity index (χ3n) is 1.86. The molecule has 1 nitrogen and oxygen atoms in total. The van der Waals surface area contributed by atoms with E-state index in [0.29, 0.717) is 0 Å². The molecular formula is C10H16OS2. The molecule has 1 aromatic rings. The Balaban J connectivity index is 2.96. The van der Waals surface area contributed by atoms with Gasteiger partial charge in [0.2, 0.25) is 0 Å². The first-order valence-corrected chi connectivity index (χ1v) is 6.53. The van der Waals surface area contributed by atoms with Gasteiger partial charge in [0.25, 0.3) is 0 Å². The molecule has 0 unspecified atom stereocenters. The van der Waals surface area contributed by atoms with E-state index in [1.807, 2.05) is 18.7 Å². The van der Waals surface area contributed by atoms with Crippen molar-refractivity contribution < 1.29 is 4.42 Å². The second-order valence-electron chi connectivity index (χ2n) is 2.77. The van der Waals surface area contributed by atoms with Crippen LogP contribution in [0.25, 0.3) is 0 Å². The molecule has 74 valence electrons. The summed E-state index contributed by atoms with van der Waals surface area (Å²) in [5.41, 5.74) is 1.31. The number of rotatable bonds is 4. The van der Waals surface area contributed by atoms with Crippen LogP contribution in [0.1, 0.15) is 25.2 Å². The van der Waals surface area contributed by atoms with E-state index in [0.717, 1.165) is 22.4 Å². The smallest absolute Gasteiger partial charge is 0.174 e. The van der Waals surface area contributed by atoms with Crippen molar-refractivity contribution in [3.63, 3.8) is 0 Å². The maximum Gasteiger partial charge on any atom is 0.174 e. The van der Waals surface area contributed by atoms with Crippen LogP contribution in [0.2, 0.25) is 0 Å². The molecule has 0 radical (unpaired) electrons. The van der Waals surface area contributed by atoms with Crippen LogP contribution >= 0.6 is 23.5 Å². The lowest BCUT2D eigenvalue weighted by Crippen LogP contribution is -1.77. The molecule has 0 aliphatic heterocycles. The molecule has 0 spiro atoms. The number of aryl methyl sites for hydroxylation is 1. The summed E-state index contributed by atoms with van der Waals surface area (Å²) < 4.78 is 5.68. The summed E-state index contributed by atoms with van der Waals surface area (Å²) in [6.07, 6.45) is 0. The van der Waals surface area contributed by atoms with Crippen molar-refractivity contribution in [3.05, 3.63) is 11.3 Å². The fourth-order valence-electron chi connectivity index (χ4n) is 1.11. The van der Waals surface area contributed by atoms with Crippen molar-refractivity contribution >= 4 is 23.5 Å². The topological polar surface area (TPSA) is 13.1 Å². The minimum absolute atomic E-state index is 1.06. The van der Waals surface area contributed by atoms with Crippen LogP contribution in [0.5, 0.6) is 0 Å². The molecule has 0 aliphatic carbocycles. The molecule has 1 aromatic heterocycles. The van der Waals surface area contributed by atoms with Gasteiger partial charge in [-0.1, -0.05) is 25.6 Å². The van der Waals surface area contributed by atoms with Gasteiger partial charge in [-0.15, -0.1) is 11.8 Å². The Morgan fingerprint density at radius 1 is 1.08 bits per heavy atom. The number of furan rings is 1. The summed E-state index contributed by atoms with van der Waals surface area (Å²) in [7, 11) is 0. The van der Waals surface area contributed by atoms with Gasteiger partial charge in [0, 0.05) is 5.56 Å². The van der Waals surface area contributed by atoms with E-state index >= 15 is 0 Å². The lowest BCUT2D eigenvalue weighted by Gasteiger charge is -1.98. The summed E-state index contributed by atoms with van der Waals surface area (Å²) in [6.45, 7) is 8.50. The molecule has 13 heavy (non-hydrogen) atoms. The first-order chi connectivity index (χ1) is 6.20. The van der Waals surface area contributed by atoms with E-state index in [4.69, 9.17) is 4.42 Å². The molecule has 0 saturated carbocycles. The predicted octanol–water partition coefficient (Wildman–Crippen LogP) is 4.12. The fourth-order valence-corrected chi connectivity index (χ4v) is 3.00. The molecular weight excluding hydrogens is 200 g/mol. The third kappa shape index (κ3) is 2.47. The summed E-state index contributed by atoms with van der Waals surface area (Å²) in [5.74, 6) is 3.24. The molecule has 0 bridgehead atoms. The quantitative estimate of drug-likeness (QED) is 0.703. The number of hydrogen-bond acceptors (Lipinski definition) is 3. The Kier molecular flexibility index (Phi) is 4.26. The van der Waals surface area contributed by atoms with Crippen molar-refractivity contribution in [2.45, 2.75) is 37.7 Å². The Hall–Kier alpha value is -0.0200. The maximum atomic E-state index is 5.68. The largest absolute Gasteiger partial charge is 0.454 e. The van der Waals surface area contributed by atoms with E-state index in [-0.39, 0.29) is 0 Å². The highest BCUT2D eigenvalue weighted by Gasteiger charge is 2.13. The van der Waals surface area contributed by atoms with Crippen molar-refractivity contribution in [1.29, 1.82) is 0 Å². The second-order valence-corrected chi connectivity index (χ2v) is 5.28. The van der Waals surface area contributed by atoms with Gasteiger partial charge in [-0.25, -0.2) is 0 Å². The minimum Gasteiger partial charge on any atom is -0.454 e. The van der Waals surface area contributed by atoms with Crippen LogP contribution < -0.4 is 0 Å². The average molecular weight is 216 g/mol. The van der Waals surface area contributed by atoms with E-state index in [1.165, 1.54) is 10.5 Å². The number of hydrogen-bond donors (Lipinski definition) is 0. The fraction of sp³-hybridized carbons (Fsp3) is 0.600. The van der Waals surface area contributed by atoms with E-state index in [2.05, 4.69) is 20.8 Å². The molecule has 0 aromatic carbocycles. The Labute approximate surface area is 88.7 Å². The van der Waals surface area contributed by atoms with Crippen LogP contribution in [0.3, 0.4) is 0 Å². The monoisotopic (exact) mass is 216 g/mol. The molecule has 1 rings (SSSR count). The lowest BCUT2D eigenvalue weighted by atomic mass is 10.3. The Morgan fingerprint density at radius 2 is 1.69 bits per heavy atom. The first kappa shape index (κ1) is 11.1. The summed E-state index contributed by atoms with van der Waals surface area (Å²) in [4.78, 5) is 1.34. The Bertz CT molecular complexity index is 279. The Morgan fingerprint density at radius 3 is 2.23 bits per heavy atom. The van der Waals surface area contributed by atoms with Crippen molar-refractivity contribution in [2.24, 2.45) is 0 Å². The average Bonchev–Trinajstić information content (AvgIpc) is 2.34. The highest BCUT2D eigenvalue weighted by atomic mass is 32.2. The summed E-state index contributed by atoms with van der Waals surface area (Å²) in [5, 5.41) is 1.10. The van der Waals surface area contributed by atoms with Crippen molar-refractivity contribution in [3.8, 4) is 0 Å². The van der Waals surface area contributed by atoms with Crippen LogP contribution in [0.15, 0.2) is 14.4 Å². The summed E-state index contributed by atoms with van der Waals surface area (Å²) in [6, 6.07) is 0. The van der Waals surface area contributed by atoms with Crippen LogP contribution in [0.4, 0.5) is 0 Å². The lowest BCUT2D eigenvalue weighted by molar-refractivity contribution is 0.438. The number of thioether (sulfide) groups is 2. The van der Waals surface area contributed by atoms with Crippen molar-refractivity contribution in [1.82, 2.24) is 0 Å². The van der Waals surface area contributed by atoms with Gasteiger partial charge in [0.05, 0.1) is 4.90 Å². The summed E-state index contributed by atoms with van der Waals surface area (Å²) >= 11 is 3.66. The zero-order chi connectivity index (χ0) is 9.84. The molecule has 1 heterocycles. The van der Waals surface area contributed by atoms with E-state index in [9.17, 15) is 0 Å². The van der Waals surface area contributed by atoms with Gasteiger partial charge >= 0.3 is 0 Å². The normalized spacial score (nSPS) is 10.8. The second kappa shape index (κ2) is 5.01. The zero-order valence-corrected chi connectivity index (χ0v) is 10.3. The van der Waals surface area contributed by atoms with Gasteiger partial charge in [-0.05, 0) is 25.4 Å². The molecule has 3 heteroatoms. The van der Waals surface area contributed by atoms with E-state index < -0.39 is 0 Å².